The standard InChI is InChI=1S/C20H17BrCl2N2O/c21-16-4-5-20(26-13-17-18(22)2-1-3-19(17)23)15(10-16)12-25-11-14-6-8-24-9-7-14/h1-10,25H,11-13H2. The van der Waals surface area contributed by atoms with Gasteiger partial charge < -0.3 is 10.1 Å². The van der Waals surface area contributed by atoms with Crippen LogP contribution in [0.1, 0.15) is 16.7 Å². The van der Waals surface area contributed by atoms with E-state index in [2.05, 4.69) is 26.2 Å². The molecule has 0 spiro atoms. The van der Waals surface area contributed by atoms with Gasteiger partial charge in [-0.3, -0.25) is 4.98 Å². The predicted molar refractivity (Wildman–Crippen MR) is 110 cm³/mol. The number of pyridine rings is 1. The lowest BCUT2D eigenvalue weighted by Gasteiger charge is -2.14. The fourth-order valence-corrected chi connectivity index (χ4v) is 3.40. The summed E-state index contributed by atoms with van der Waals surface area (Å²) in [6, 6.07) is 15.4. The Hall–Kier alpha value is -1.59. The molecule has 3 nitrogen and oxygen atoms in total. The van der Waals surface area contributed by atoms with Crippen LogP contribution in [0.15, 0.2) is 65.4 Å². The van der Waals surface area contributed by atoms with Crippen LogP contribution in [0.5, 0.6) is 5.75 Å². The molecule has 1 heterocycles. The molecule has 2 aromatic carbocycles. The van der Waals surface area contributed by atoms with E-state index in [0.717, 1.165) is 27.9 Å². The maximum absolute atomic E-state index is 6.22. The molecule has 0 atom stereocenters. The summed E-state index contributed by atoms with van der Waals surface area (Å²) in [7, 11) is 0. The van der Waals surface area contributed by atoms with E-state index in [4.69, 9.17) is 27.9 Å². The smallest absolute Gasteiger partial charge is 0.124 e. The second-order valence-corrected chi connectivity index (χ2v) is 7.43. The van der Waals surface area contributed by atoms with Crippen molar-refractivity contribution in [2.45, 2.75) is 19.7 Å². The Labute approximate surface area is 171 Å². The minimum Gasteiger partial charge on any atom is -0.488 e. The summed E-state index contributed by atoms with van der Waals surface area (Å²) >= 11 is 16.0. The minimum absolute atomic E-state index is 0.317. The number of aromatic nitrogens is 1. The lowest BCUT2D eigenvalue weighted by atomic mass is 10.2. The summed E-state index contributed by atoms with van der Waals surface area (Å²) in [6.07, 6.45) is 3.58. The van der Waals surface area contributed by atoms with E-state index in [9.17, 15) is 0 Å². The van der Waals surface area contributed by atoms with Crippen LogP contribution in [0, 0.1) is 0 Å². The highest BCUT2D eigenvalue weighted by atomic mass is 79.9. The van der Waals surface area contributed by atoms with Crippen LogP contribution < -0.4 is 10.1 Å². The van der Waals surface area contributed by atoms with Gasteiger partial charge in [-0.2, -0.15) is 0 Å². The van der Waals surface area contributed by atoms with Crippen LogP contribution in [-0.2, 0) is 19.7 Å². The van der Waals surface area contributed by atoms with Gasteiger partial charge in [0, 0.05) is 51.1 Å². The maximum atomic E-state index is 6.22. The third-order valence-corrected chi connectivity index (χ3v) is 5.05. The predicted octanol–water partition coefficient (Wildman–Crippen LogP) is 6.02. The van der Waals surface area contributed by atoms with Crippen molar-refractivity contribution in [3.63, 3.8) is 0 Å². The second-order valence-electron chi connectivity index (χ2n) is 5.70. The zero-order valence-electron chi connectivity index (χ0n) is 13.9. The molecule has 0 aliphatic carbocycles. The first-order valence-corrected chi connectivity index (χ1v) is 9.62. The molecule has 6 heteroatoms. The monoisotopic (exact) mass is 450 g/mol. The Bertz CT molecular complexity index is 855. The summed E-state index contributed by atoms with van der Waals surface area (Å²) in [5.74, 6) is 0.798. The van der Waals surface area contributed by atoms with Crippen LogP contribution in [-0.4, -0.2) is 4.98 Å². The van der Waals surface area contributed by atoms with Crippen LogP contribution >= 0.6 is 39.1 Å². The van der Waals surface area contributed by atoms with Crippen LogP contribution in [0.3, 0.4) is 0 Å². The highest BCUT2D eigenvalue weighted by Gasteiger charge is 2.09. The third kappa shape index (κ3) is 5.21. The fraction of sp³-hybridized carbons (Fsp3) is 0.150. The SMILES string of the molecule is Clc1cccc(Cl)c1COc1ccc(Br)cc1CNCc1ccncc1. The van der Waals surface area contributed by atoms with Gasteiger partial charge in [0.2, 0.25) is 0 Å². The van der Waals surface area contributed by atoms with Crippen molar-refractivity contribution in [2.75, 3.05) is 0 Å². The molecule has 0 saturated carbocycles. The summed E-state index contributed by atoms with van der Waals surface area (Å²) in [6.45, 7) is 1.75. The number of nitrogens with one attached hydrogen (secondary N) is 1. The Morgan fingerprint density at radius 1 is 0.962 bits per heavy atom. The molecule has 0 fully saturated rings. The van der Waals surface area contributed by atoms with Gasteiger partial charge >= 0.3 is 0 Å². The van der Waals surface area contributed by atoms with Gasteiger partial charge in [-0.05, 0) is 48.0 Å². The van der Waals surface area contributed by atoms with E-state index < -0.39 is 0 Å². The average Bonchev–Trinajstić information content (AvgIpc) is 2.64. The maximum Gasteiger partial charge on any atom is 0.124 e. The number of halogens is 3. The molecule has 26 heavy (non-hydrogen) atoms. The highest BCUT2D eigenvalue weighted by Crippen LogP contribution is 2.28. The number of hydrogen-bond donors (Lipinski definition) is 1. The first-order valence-electron chi connectivity index (χ1n) is 8.07. The Balaban J connectivity index is 1.67. The number of ether oxygens (including phenoxy) is 1. The molecule has 1 N–H and O–H groups in total. The van der Waals surface area contributed by atoms with E-state index in [-0.39, 0.29) is 0 Å². The van der Waals surface area contributed by atoms with Gasteiger partial charge in [-0.1, -0.05) is 45.2 Å². The quantitative estimate of drug-likeness (QED) is 0.476. The third-order valence-electron chi connectivity index (χ3n) is 3.85. The van der Waals surface area contributed by atoms with Gasteiger partial charge in [0.15, 0.2) is 0 Å². The molecule has 3 aromatic rings. The van der Waals surface area contributed by atoms with E-state index in [0.29, 0.717) is 23.2 Å². The summed E-state index contributed by atoms with van der Waals surface area (Å²) in [4.78, 5) is 4.03. The molecule has 0 unspecified atom stereocenters. The Morgan fingerprint density at radius 2 is 1.69 bits per heavy atom. The zero-order valence-corrected chi connectivity index (χ0v) is 17.0. The van der Waals surface area contributed by atoms with Crippen molar-refractivity contribution in [1.29, 1.82) is 0 Å². The number of hydrogen-bond acceptors (Lipinski definition) is 3. The molecule has 0 aliphatic heterocycles. The summed E-state index contributed by atoms with van der Waals surface area (Å²) in [5, 5.41) is 4.63. The van der Waals surface area contributed by atoms with Crippen LogP contribution in [0.2, 0.25) is 10.0 Å². The second kappa shape index (κ2) is 9.38. The molecule has 3 rings (SSSR count). The average molecular weight is 452 g/mol. The minimum atomic E-state index is 0.317. The summed E-state index contributed by atoms with van der Waals surface area (Å²) < 4.78 is 7.00. The lowest BCUT2D eigenvalue weighted by molar-refractivity contribution is 0.302. The van der Waals surface area contributed by atoms with E-state index in [1.807, 2.05) is 48.5 Å². The van der Waals surface area contributed by atoms with Crippen molar-refractivity contribution in [1.82, 2.24) is 10.3 Å². The van der Waals surface area contributed by atoms with Crippen LogP contribution in [0.25, 0.3) is 0 Å². The molecule has 0 bridgehead atoms. The summed E-state index contributed by atoms with van der Waals surface area (Å²) in [5.41, 5.74) is 3.02. The normalized spacial score (nSPS) is 10.7. The number of benzene rings is 2. The molecule has 134 valence electrons. The molecule has 0 amide bonds. The number of nitrogens with zero attached hydrogens (tertiary/aromatic N) is 1. The molecule has 0 saturated heterocycles. The van der Waals surface area contributed by atoms with Gasteiger partial charge in [-0.15, -0.1) is 0 Å². The lowest BCUT2D eigenvalue weighted by Crippen LogP contribution is -2.13. The molecular formula is C20H17BrCl2N2O. The van der Waals surface area contributed by atoms with Gasteiger partial charge in [0.25, 0.3) is 0 Å². The highest BCUT2D eigenvalue weighted by molar-refractivity contribution is 9.10. The Morgan fingerprint density at radius 3 is 2.42 bits per heavy atom. The van der Waals surface area contributed by atoms with Crippen molar-refractivity contribution in [3.8, 4) is 5.75 Å². The van der Waals surface area contributed by atoms with Crippen molar-refractivity contribution >= 4 is 39.1 Å². The van der Waals surface area contributed by atoms with E-state index >= 15 is 0 Å². The molecule has 0 radical (unpaired) electrons. The molecule has 0 aliphatic rings. The van der Waals surface area contributed by atoms with E-state index in [1.54, 1.807) is 12.4 Å². The van der Waals surface area contributed by atoms with Crippen molar-refractivity contribution < 1.29 is 4.74 Å². The Kier molecular flexibility index (Phi) is 6.92. The first-order chi connectivity index (χ1) is 12.6. The largest absolute Gasteiger partial charge is 0.488 e. The van der Waals surface area contributed by atoms with Gasteiger partial charge in [-0.25, -0.2) is 0 Å². The number of rotatable bonds is 7. The van der Waals surface area contributed by atoms with Crippen LogP contribution in [0.4, 0.5) is 0 Å². The van der Waals surface area contributed by atoms with Crippen molar-refractivity contribution in [3.05, 3.63) is 92.1 Å². The van der Waals surface area contributed by atoms with Gasteiger partial charge in [0.05, 0.1) is 0 Å². The molecule has 1 aromatic heterocycles. The zero-order chi connectivity index (χ0) is 18.4. The van der Waals surface area contributed by atoms with Gasteiger partial charge in [0.1, 0.15) is 12.4 Å². The van der Waals surface area contributed by atoms with Crippen molar-refractivity contribution in [2.24, 2.45) is 0 Å². The first kappa shape index (κ1) is 19.2. The fourth-order valence-electron chi connectivity index (χ4n) is 2.49. The molecular weight excluding hydrogens is 435 g/mol. The van der Waals surface area contributed by atoms with E-state index in [1.165, 1.54) is 5.56 Å². The topological polar surface area (TPSA) is 34.1 Å².